The maximum atomic E-state index is 10.4. The van der Waals surface area contributed by atoms with Crippen LogP contribution in [0.1, 0.15) is 20.8 Å². The third-order valence-electron chi connectivity index (χ3n) is 1.63. The predicted molar refractivity (Wildman–Crippen MR) is 57.6 cm³/mol. The second-order valence-electron chi connectivity index (χ2n) is 2.52. The SMILES string of the molecule is CCN(CC)C(=S)S[C@@H](C)C(=O)[O-]. The standard InChI is InChI=1S/C8H15NO2S2/c1-4-9(5-2)8(12)13-6(3)7(10)11/h6H,4-5H2,1-3H3,(H,10,11)/p-1/t6-/m0/s1. The Morgan fingerprint density at radius 2 is 2.00 bits per heavy atom. The molecular weight excluding hydrogens is 206 g/mol. The lowest BCUT2D eigenvalue weighted by Crippen LogP contribution is -2.35. The minimum absolute atomic E-state index is 0.576. The second-order valence-corrected chi connectivity index (χ2v) is 4.49. The predicted octanol–water partition coefficient (Wildman–Crippen LogP) is 0.485. The van der Waals surface area contributed by atoms with E-state index < -0.39 is 11.2 Å². The first-order valence-electron chi connectivity index (χ1n) is 4.19. The van der Waals surface area contributed by atoms with Crippen molar-refractivity contribution in [1.82, 2.24) is 4.90 Å². The number of nitrogens with zero attached hydrogens (tertiary/aromatic N) is 1. The molecule has 0 radical (unpaired) electrons. The van der Waals surface area contributed by atoms with Gasteiger partial charge in [-0.3, -0.25) is 0 Å². The lowest BCUT2D eigenvalue weighted by molar-refractivity contribution is -0.304. The van der Waals surface area contributed by atoms with Crippen molar-refractivity contribution < 1.29 is 9.90 Å². The van der Waals surface area contributed by atoms with Gasteiger partial charge in [0.1, 0.15) is 4.32 Å². The van der Waals surface area contributed by atoms with E-state index in [1.807, 2.05) is 18.7 Å². The molecule has 1 atom stereocenters. The van der Waals surface area contributed by atoms with Crippen LogP contribution in [0.4, 0.5) is 0 Å². The van der Waals surface area contributed by atoms with Gasteiger partial charge in [0.25, 0.3) is 0 Å². The molecular formula is C8H14NO2S2-. The second kappa shape index (κ2) is 6.21. The van der Waals surface area contributed by atoms with Crippen molar-refractivity contribution in [3.05, 3.63) is 0 Å². The molecule has 0 saturated heterocycles. The molecule has 0 heterocycles. The van der Waals surface area contributed by atoms with Crippen LogP contribution in [-0.2, 0) is 4.79 Å². The maximum Gasteiger partial charge on any atom is 0.136 e. The number of hydrogen-bond donors (Lipinski definition) is 0. The first-order valence-corrected chi connectivity index (χ1v) is 5.48. The number of carbonyl (C=O) groups excluding carboxylic acids is 1. The van der Waals surface area contributed by atoms with Gasteiger partial charge >= 0.3 is 0 Å². The molecule has 13 heavy (non-hydrogen) atoms. The van der Waals surface area contributed by atoms with Crippen LogP contribution in [0.15, 0.2) is 0 Å². The fourth-order valence-corrected chi connectivity index (χ4v) is 2.25. The number of carboxylic acid groups (broad SMARTS) is 1. The molecule has 0 aromatic heterocycles. The zero-order valence-electron chi connectivity index (χ0n) is 8.07. The Morgan fingerprint density at radius 3 is 2.31 bits per heavy atom. The van der Waals surface area contributed by atoms with Crippen LogP contribution >= 0.6 is 24.0 Å². The van der Waals surface area contributed by atoms with Gasteiger partial charge in [0.15, 0.2) is 0 Å². The van der Waals surface area contributed by atoms with Crippen LogP contribution in [0.25, 0.3) is 0 Å². The molecule has 0 aliphatic carbocycles. The number of hydrogen-bond acceptors (Lipinski definition) is 4. The van der Waals surface area contributed by atoms with Crippen molar-refractivity contribution in [2.24, 2.45) is 0 Å². The molecule has 0 rings (SSSR count). The highest BCUT2D eigenvalue weighted by Crippen LogP contribution is 2.15. The largest absolute Gasteiger partial charge is 0.549 e. The van der Waals surface area contributed by atoms with Crippen LogP contribution < -0.4 is 5.11 Å². The van der Waals surface area contributed by atoms with Gasteiger partial charge in [-0.05, 0) is 20.8 Å². The van der Waals surface area contributed by atoms with Crippen LogP contribution in [-0.4, -0.2) is 33.5 Å². The van der Waals surface area contributed by atoms with E-state index in [4.69, 9.17) is 12.2 Å². The Bertz CT molecular complexity index is 193. The summed E-state index contributed by atoms with van der Waals surface area (Å²) >= 11 is 6.23. The third-order valence-corrected chi connectivity index (χ3v) is 3.18. The molecule has 0 aromatic carbocycles. The Balaban J connectivity index is 4.05. The Hall–Kier alpha value is -0.290. The normalized spacial score (nSPS) is 12.2. The van der Waals surface area contributed by atoms with Gasteiger partial charge in [0.2, 0.25) is 0 Å². The van der Waals surface area contributed by atoms with Gasteiger partial charge < -0.3 is 14.8 Å². The molecule has 0 spiro atoms. The smallest absolute Gasteiger partial charge is 0.136 e. The van der Waals surface area contributed by atoms with Gasteiger partial charge in [0, 0.05) is 18.3 Å². The zero-order chi connectivity index (χ0) is 10.4. The summed E-state index contributed by atoms with van der Waals surface area (Å²) < 4.78 is 0.627. The Labute approximate surface area is 88.5 Å². The molecule has 0 N–H and O–H groups in total. The van der Waals surface area contributed by atoms with E-state index in [-0.39, 0.29) is 0 Å². The maximum absolute atomic E-state index is 10.4. The quantitative estimate of drug-likeness (QED) is 0.645. The lowest BCUT2D eigenvalue weighted by Gasteiger charge is -2.23. The van der Waals surface area contributed by atoms with Crippen LogP contribution in [0.2, 0.25) is 0 Å². The average Bonchev–Trinajstić information content (AvgIpc) is 2.06. The van der Waals surface area contributed by atoms with E-state index >= 15 is 0 Å². The first kappa shape index (κ1) is 12.7. The zero-order valence-corrected chi connectivity index (χ0v) is 9.70. The fraction of sp³-hybridized carbons (Fsp3) is 0.750. The number of aliphatic carboxylic acids is 1. The third kappa shape index (κ3) is 4.47. The van der Waals surface area contributed by atoms with Crippen molar-refractivity contribution in [3.63, 3.8) is 0 Å². The van der Waals surface area contributed by atoms with Crippen LogP contribution in [0, 0.1) is 0 Å². The summed E-state index contributed by atoms with van der Waals surface area (Å²) in [5.74, 6) is -1.07. The summed E-state index contributed by atoms with van der Waals surface area (Å²) in [6.45, 7) is 7.17. The summed E-state index contributed by atoms with van der Waals surface area (Å²) in [4.78, 5) is 12.4. The van der Waals surface area contributed by atoms with Gasteiger partial charge in [-0.15, -0.1) is 0 Å². The molecule has 0 aliphatic heterocycles. The molecule has 0 aliphatic rings. The highest BCUT2D eigenvalue weighted by atomic mass is 32.2. The van der Waals surface area contributed by atoms with E-state index in [0.717, 1.165) is 24.9 Å². The van der Waals surface area contributed by atoms with Crippen LogP contribution in [0.5, 0.6) is 0 Å². The van der Waals surface area contributed by atoms with Crippen molar-refractivity contribution in [2.45, 2.75) is 26.0 Å². The van der Waals surface area contributed by atoms with Crippen molar-refractivity contribution in [1.29, 1.82) is 0 Å². The molecule has 0 unspecified atom stereocenters. The Kier molecular flexibility index (Phi) is 6.07. The minimum atomic E-state index is -1.07. The Morgan fingerprint density at radius 1 is 1.54 bits per heavy atom. The van der Waals surface area contributed by atoms with E-state index in [2.05, 4.69) is 0 Å². The summed E-state index contributed by atoms with van der Waals surface area (Å²) in [5, 5.41) is 9.85. The number of carbonyl (C=O) groups is 1. The summed E-state index contributed by atoms with van der Waals surface area (Å²) in [6, 6.07) is 0. The first-order chi connectivity index (χ1) is 6.02. The summed E-state index contributed by atoms with van der Waals surface area (Å²) in [7, 11) is 0. The van der Waals surface area contributed by atoms with E-state index in [1.54, 1.807) is 6.92 Å². The highest BCUT2D eigenvalue weighted by Gasteiger charge is 2.11. The number of carboxylic acids is 1. The van der Waals surface area contributed by atoms with Gasteiger partial charge in [-0.25, -0.2) is 0 Å². The number of thiocarbonyl (C=S) groups is 1. The van der Waals surface area contributed by atoms with E-state index in [9.17, 15) is 9.90 Å². The lowest BCUT2D eigenvalue weighted by atomic mass is 10.5. The van der Waals surface area contributed by atoms with Crippen molar-refractivity contribution in [3.8, 4) is 0 Å². The molecule has 0 bridgehead atoms. The summed E-state index contributed by atoms with van der Waals surface area (Å²) in [6.07, 6.45) is 0. The fourth-order valence-electron chi connectivity index (χ4n) is 0.756. The van der Waals surface area contributed by atoms with Crippen molar-refractivity contribution >= 4 is 34.3 Å². The number of thioether (sulfide) groups is 1. The number of rotatable bonds is 4. The monoisotopic (exact) mass is 220 g/mol. The molecule has 3 nitrogen and oxygen atoms in total. The van der Waals surface area contributed by atoms with Gasteiger partial charge in [0.05, 0.1) is 5.97 Å². The summed E-state index contributed by atoms with van der Waals surface area (Å²) in [5.41, 5.74) is 0. The van der Waals surface area contributed by atoms with Gasteiger partial charge in [-0.2, -0.15) is 0 Å². The van der Waals surface area contributed by atoms with Crippen LogP contribution in [0.3, 0.4) is 0 Å². The minimum Gasteiger partial charge on any atom is -0.549 e. The van der Waals surface area contributed by atoms with Gasteiger partial charge in [-0.1, -0.05) is 24.0 Å². The molecule has 0 amide bonds. The average molecular weight is 220 g/mol. The molecule has 5 heteroatoms. The molecule has 0 saturated carbocycles. The molecule has 76 valence electrons. The molecule has 0 aromatic rings. The van der Waals surface area contributed by atoms with E-state index in [0.29, 0.717) is 4.32 Å². The topological polar surface area (TPSA) is 43.4 Å². The van der Waals surface area contributed by atoms with Crippen molar-refractivity contribution in [2.75, 3.05) is 13.1 Å². The molecule has 0 fully saturated rings. The van der Waals surface area contributed by atoms with E-state index in [1.165, 1.54) is 0 Å². The highest BCUT2D eigenvalue weighted by molar-refractivity contribution is 8.23.